The number of para-hydroxylation sites is 1. The summed E-state index contributed by atoms with van der Waals surface area (Å²) in [5, 5.41) is 19.2. The largest absolute Gasteiger partial charge is 0.507 e. The third kappa shape index (κ3) is 4.51. The zero-order valence-electron chi connectivity index (χ0n) is 16.5. The average molecular weight is 425 g/mol. The predicted molar refractivity (Wildman–Crippen MR) is 119 cm³/mol. The van der Waals surface area contributed by atoms with Crippen molar-refractivity contribution < 1.29 is 9.90 Å². The lowest BCUT2D eigenvalue weighted by molar-refractivity contribution is -0.127. The average Bonchev–Trinajstić information content (AvgIpc) is 3.41. The number of amides is 1. The van der Waals surface area contributed by atoms with Crippen LogP contribution in [0.25, 0.3) is 11.4 Å². The summed E-state index contributed by atoms with van der Waals surface area (Å²) >= 11 is 1.45. The minimum atomic E-state index is 0.209. The second-order valence-corrected chi connectivity index (χ2v) is 7.94. The molecule has 30 heavy (non-hydrogen) atoms. The Morgan fingerprint density at radius 2 is 2.20 bits per heavy atom. The van der Waals surface area contributed by atoms with E-state index in [2.05, 4.69) is 20.6 Å². The summed E-state index contributed by atoms with van der Waals surface area (Å²) in [6.07, 6.45) is 4.12. The first-order valence-corrected chi connectivity index (χ1v) is 10.8. The van der Waals surface area contributed by atoms with Gasteiger partial charge in [0.05, 0.1) is 17.1 Å². The lowest BCUT2D eigenvalue weighted by Gasteiger charge is -2.15. The van der Waals surface area contributed by atoms with Crippen LogP contribution in [0.1, 0.15) is 30.5 Å². The predicted octanol–water partition coefficient (Wildman–Crippen LogP) is 2.53. The number of anilines is 1. The van der Waals surface area contributed by atoms with Gasteiger partial charge in [0.25, 0.3) is 0 Å². The first-order chi connectivity index (χ1) is 14.6. The first-order valence-electron chi connectivity index (χ1n) is 9.89. The van der Waals surface area contributed by atoms with E-state index in [4.69, 9.17) is 5.73 Å². The van der Waals surface area contributed by atoms with Crippen molar-refractivity contribution in [2.75, 3.05) is 25.0 Å². The van der Waals surface area contributed by atoms with Crippen molar-refractivity contribution in [2.24, 2.45) is 5.73 Å². The minimum Gasteiger partial charge on any atom is -0.507 e. The van der Waals surface area contributed by atoms with Crippen molar-refractivity contribution in [3.05, 3.63) is 58.2 Å². The highest BCUT2D eigenvalue weighted by Gasteiger charge is 2.20. The van der Waals surface area contributed by atoms with Crippen molar-refractivity contribution >= 4 is 35.0 Å². The molecule has 1 aromatic carbocycles. The summed E-state index contributed by atoms with van der Waals surface area (Å²) in [7, 11) is 0. The van der Waals surface area contributed by atoms with Crippen LogP contribution < -0.4 is 16.4 Å². The molecule has 0 aliphatic carbocycles. The Balaban J connectivity index is 1.36. The second-order valence-electron chi connectivity index (χ2n) is 7.06. The van der Waals surface area contributed by atoms with Crippen molar-refractivity contribution in [3.63, 3.8) is 0 Å². The number of thioether (sulfide) groups is 1. The Morgan fingerprint density at radius 3 is 3.00 bits per heavy atom. The van der Waals surface area contributed by atoms with Gasteiger partial charge < -0.3 is 26.4 Å². The van der Waals surface area contributed by atoms with Crippen LogP contribution in [-0.2, 0) is 4.79 Å². The molecule has 9 heteroatoms. The molecule has 4 rings (SSSR count). The number of hydrogen-bond acceptors (Lipinski definition) is 8. The van der Waals surface area contributed by atoms with E-state index in [-0.39, 0.29) is 11.7 Å². The van der Waals surface area contributed by atoms with Gasteiger partial charge in [0.2, 0.25) is 11.9 Å². The monoisotopic (exact) mass is 424 g/mol. The van der Waals surface area contributed by atoms with E-state index in [0.29, 0.717) is 35.9 Å². The zero-order valence-corrected chi connectivity index (χ0v) is 17.3. The summed E-state index contributed by atoms with van der Waals surface area (Å²) in [5.74, 6) is 0.951. The van der Waals surface area contributed by atoms with Crippen molar-refractivity contribution in [1.29, 1.82) is 0 Å². The summed E-state index contributed by atoms with van der Waals surface area (Å²) in [4.78, 5) is 22.3. The van der Waals surface area contributed by atoms with Gasteiger partial charge in [0.15, 0.2) is 0 Å². The van der Waals surface area contributed by atoms with Gasteiger partial charge in [0, 0.05) is 43.2 Å². The number of likely N-dealkylation sites (tertiary alicyclic amines) is 1. The van der Waals surface area contributed by atoms with E-state index in [0.717, 1.165) is 36.7 Å². The number of phenols is 1. The molecule has 8 nitrogen and oxygen atoms in total. The van der Waals surface area contributed by atoms with E-state index in [9.17, 15) is 9.90 Å². The van der Waals surface area contributed by atoms with E-state index in [1.807, 2.05) is 22.4 Å². The van der Waals surface area contributed by atoms with Crippen molar-refractivity contribution in [3.8, 4) is 5.75 Å². The number of nitrogens with two attached hydrogens (primary N) is 1. The maximum Gasteiger partial charge on any atom is 0.223 e. The Bertz CT molecular complexity index is 1010. The number of carbonyl (C=O) groups excluding carboxylic acids is 1. The van der Waals surface area contributed by atoms with Gasteiger partial charge in [-0.1, -0.05) is 23.9 Å². The molecule has 0 unspecified atom stereocenters. The lowest BCUT2D eigenvalue weighted by Crippen LogP contribution is -2.27. The molecule has 0 saturated carbocycles. The molecular weight excluding hydrogens is 400 g/mol. The van der Waals surface area contributed by atoms with Gasteiger partial charge >= 0.3 is 0 Å². The molecule has 2 aliphatic rings. The highest BCUT2D eigenvalue weighted by molar-refractivity contribution is 8.06. The third-order valence-electron chi connectivity index (χ3n) is 4.97. The fourth-order valence-corrected chi connectivity index (χ4v) is 4.20. The van der Waals surface area contributed by atoms with Crippen molar-refractivity contribution in [1.82, 2.24) is 20.2 Å². The minimum absolute atomic E-state index is 0.209. The molecule has 0 bridgehead atoms. The van der Waals surface area contributed by atoms with E-state index in [1.54, 1.807) is 24.4 Å². The normalized spacial score (nSPS) is 17.7. The Hall–Kier alpha value is -3.20. The fourth-order valence-electron chi connectivity index (χ4n) is 3.38. The van der Waals surface area contributed by atoms with Crippen LogP contribution in [0.5, 0.6) is 5.75 Å². The molecule has 5 N–H and O–H groups in total. The summed E-state index contributed by atoms with van der Waals surface area (Å²) in [6, 6.07) is 8.91. The molecular formula is C21H24N6O2S. The van der Waals surface area contributed by atoms with Crippen LogP contribution in [0.2, 0.25) is 0 Å². The van der Waals surface area contributed by atoms with Gasteiger partial charge in [0.1, 0.15) is 10.8 Å². The molecule has 0 spiro atoms. The van der Waals surface area contributed by atoms with E-state index >= 15 is 0 Å². The highest BCUT2D eigenvalue weighted by atomic mass is 32.2. The molecule has 1 amide bonds. The fraction of sp³-hybridized carbons (Fsp3) is 0.286. The molecule has 156 valence electrons. The van der Waals surface area contributed by atoms with Gasteiger partial charge in [-0.3, -0.25) is 4.79 Å². The van der Waals surface area contributed by atoms with Crippen LogP contribution in [0.4, 0.5) is 5.95 Å². The standard InChI is InChI=1S/C21H24N6O2S/c22-19(20-25-16(13-30-20)14-5-1-2-6-17(14)28)15-8-10-24-21(26-15)23-9-4-12-27-11-3-7-18(27)29/h1-2,5-6,8,10,13,25,28H,3-4,7,9,11-12,22H2,(H,23,24,26)/b20-19+. The number of nitrogens with zero attached hydrogens (tertiary/aromatic N) is 3. The summed E-state index contributed by atoms with van der Waals surface area (Å²) in [5.41, 5.74) is 8.97. The molecule has 1 aromatic heterocycles. The van der Waals surface area contributed by atoms with Crippen LogP contribution in [0.3, 0.4) is 0 Å². The number of aromatic nitrogens is 2. The second kappa shape index (κ2) is 9.08. The quantitative estimate of drug-likeness (QED) is 0.501. The van der Waals surface area contributed by atoms with Gasteiger partial charge in [-0.15, -0.1) is 0 Å². The Kier molecular flexibility index (Phi) is 6.08. The molecule has 1 fully saturated rings. The molecule has 0 radical (unpaired) electrons. The number of hydrogen-bond donors (Lipinski definition) is 4. The molecule has 1 saturated heterocycles. The maximum atomic E-state index is 11.7. The van der Waals surface area contributed by atoms with E-state index in [1.165, 1.54) is 11.8 Å². The number of benzene rings is 1. The summed E-state index contributed by atoms with van der Waals surface area (Å²) < 4.78 is 0. The SMILES string of the molecule is N/C(=C1\NC(c2ccccc2O)=CS1)c1ccnc(NCCCN2CCCC2=O)n1. The van der Waals surface area contributed by atoms with Crippen LogP contribution >= 0.6 is 11.8 Å². The van der Waals surface area contributed by atoms with Crippen LogP contribution in [0, 0.1) is 0 Å². The summed E-state index contributed by atoms with van der Waals surface area (Å²) in [6.45, 7) is 2.28. The Morgan fingerprint density at radius 1 is 1.33 bits per heavy atom. The van der Waals surface area contributed by atoms with Crippen molar-refractivity contribution in [2.45, 2.75) is 19.3 Å². The van der Waals surface area contributed by atoms with Gasteiger partial charge in [-0.2, -0.15) is 0 Å². The molecule has 3 heterocycles. The Labute approximate surface area is 179 Å². The van der Waals surface area contributed by atoms with Gasteiger partial charge in [-0.25, -0.2) is 9.97 Å². The third-order valence-corrected chi connectivity index (χ3v) is 5.88. The van der Waals surface area contributed by atoms with Crippen LogP contribution in [-0.4, -0.2) is 45.5 Å². The lowest BCUT2D eigenvalue weighted by atomic mass is 10.1. The van der Waals surface area contributed by atoms with E-state index < -0.39 is 0 Å². The smallest absolute Gasteiger partial charge is 0.223 e. The first kappa shape index (κ1) is 20.1. The highest BCUT2D eigenvalue weighted by Crippen LogP contribution is 2.35. The number of aromatic hydroxyl groups is 1. The number of nitrogens with one attached hydrogen (secondary N) is 2. The molecule has 2 aromatic rings. The topological polar surface area (TPSA) is 116 Å². The number of phenolic OH excluding ortho intramolecular Hbond substituents is 1. The van der Waals surface area contributed by atoms with Gasteiger partial charge in [-0.05, 0) is 31.0 Å². The maximum absolute atomic E-state index is 11.7. The zero-order chi connectivity index (χ0) is 20.9. The molecule has 2 aliphatic heterocycles. The number of carbonyl (C=O) groups is 1. The number of rotatable bonds is 7. The molecule has 0 atom stereocenters. The van der Waals surface area contributed by atoms with Crippen LogP contribution in [0.15, 0.2) is 47.0 Å².